The predicted octanol–water partition coefficient (Wildman–Crippen LogP) is 5.66. The van der Waals surface area contributed by atoms with Gasteiger partial charge in [-0.3, -0.25) is 4.79 Å². The molecule has 0 aromatic carbocycles. The van der Waals surface area contributed by atoms with Gasteiger partial charge in [-0.1, -0.05) is 38.8 Å². The van der Waals surface area contributed by atoms with Crippen molar-refractivity contribution >= 4 is 18.0 Å². The van der Waals surface area contributed by atoms with Crippen LogP contribution in [0.1, 0.15) is 79.1 Å². The zero-order chi connectivity index (χ0) is 17.5. The molecule has 0 bridgehead atoms. The number of carbonyl (C=O) groups is 1. The number of allylic oxidation sites excluding steroid dienone is 2. The normalized spacial score (nSPS) is 46.9. The Hall–Kier alpha value is -0.500. The number of hydrogen-bond donors (Lipinski definition) is 1. The molecule has 3 rings (SSSR count). The third kappa shape index (κ3) is 2.64. The lowest BCUT2D eigenvalue weighted by atomic mass is 9.48. The molecule has 0 radical (unpaired) electrons. The summed E-state index contributed by atoms with van der Waals surface area (Å²) >= 11 is 6.47. The highest BCUT2D eigenvalue weighted by Gasteiger charge is 2.58. The first-order valence-corrected chi connectivity index (χ1v) is 10.3. The first-order chi connectivity index (χ1) is 11.4. The van der Waals surface area contributed by atoms with Gasteiger partial charge in [-0.2, -0.15) is 0 Å². The zero-order valence-electron chi connectivity index (χ0n) is 15.8. The van der Waals surface area contributed by atoms with E-state index in [0.29, 0.717) is 11.5 Å². The number of nitrogens with one attached hydrogen (secondary N) is 1. The van der Waals surface area contributed by atoms with Gasteiger partial charge in [0.2, 0.25) is 6.41 Å². The summed E-state index contributed by atoms with van der Waals surface area (Å²) in [5.41, 5.74) is 2.12. The van der Waals surface area contributed by atoms with Crippen molar-refractivity contribution in [3.05, 3.63) is 10.6 Å². The maximum atomic E-state index is 11.1. The summed E-state index contributed by atoms with van der Waals surface area (Å²) in [6, 6.07) is 0.353. The van der Waals surface area contributed by atoms with Crippen LogP contribution < -0.4 is 5.32 Å². The van der Waals surface area contributed by atoms with Crippen LogP contribution in [0.4, 0.5) is 0 Å². The molecule has 3 aliphatic rings. The van der Waals surface area contributed by atoms with E-state index in [1.54, 1.807) is 0 Å². The van der Waals surface area contributed by atoms with E-state index < -0.39 is 0 Å². The Labute approximate surface area is 152 Å². The topological polar surface area (TPSA) is 29.1 Å². The fourth-order valence-corrected chi connectivity index (χ4v) is 7.40. The summed E-state index contributed by atoms with van der Waals surface area (Å²) in [5.74, 6) is 2.34. The number of carbonyl (C=O) groups excluding carboxylic acids is 1. The van der Waals surface area contributed by atoms with Gasteiger partial charge in [0.25, 0.3) is 0 Å². The second kappa shape index (κ2) is 6.67. The van der Waals surface area contributed by atoms with Crippen LogP contribution in [0.3, 0.4) is 0 Å². The molecule has 2 nitrogen and oxygen atoms in total. The van der Waals surface area contributed by atoms with E-state index >= 15 is 0 Å². The summed E-state index contributed by atoms with van der Waals surface area (Å²) < 4.78 is 0. The van der Waals surface area contributed by atoms with Crippen LogP contribution >= 0.6 is 11.6 Å². The minimum atomic E-state index is 0.252. The van der Waals surface area contributed by atoms with E-state index in [9.17, 15) is 4.79 Å². The van der Waals surface area contributed by atoms with Gasteiger partial charge < -0.3 is 5.32 Å². The Bertz CT molecular complexity index is 526. The maximum Gasteiger partial charge on any atom is 0.207 e. The highest BCUT2D eigenvalue weighted by atomic mass is 35.5. The molecule has 0 heterocycles. The standard InChI is InChI=1S/C21H34ClNO/c1-5-11-21(4)18-10-12-20(3)16(14(2)22)7-8-17(20)15(18)6-9-19(21)23-13-24/h13,15,17-19H,5-12H2,1-4H3,(H,23,24)/b16-14+. The molecule has 3 fully saturated rings. The summed E-state index contributed by atoms with van der Waals surface area (Å²) in [6.45, 7) is 9.31. The predicted molar refractivity (Wildman–Crippen MR) is 101 cm³/mol. The SMILES string of the molecule is CCCC1(C)C(NC=O)CCC2C3CC/C(=C(/C)Cl)C3(C)CCC21. The summed E-state index contributed by atoms with van der Waals surface area (Å²) in [7, 11) is 0. The number of halogens is 1. The molecule has 0 aromatic rings. The Balaban J connectivity index is 1.92. The molecular weight excluding hydrogens is 318 g/mol. The molecule has 3 heteroatoms. The Morgan fingerprint density at radius 2 is 2.00 bits per heavy atom. The summed E-state index contributed by atoms with van der Waals surface area (Å²) in [6.07, 6.45) is 10.8. The average molecular weight is 352 g/mol. The van der Waals surface area contributed by atoms with Crippen molar-refractivity contribution in [2.24, 2.45) is 28.6 Å². The van der Waals surface area contributed by atoms with E-state index in [1.165, 1.54) is 50.5 Å². The van der Waals surface area contributed by atoms with E-state index in [-0.39, 0.29) is 5.41 Å². The first-order valence-electron chi connectivity index (χ1n) is 9.94. The molecule has 1 N–H and O–H groups in total. The molecule has 0 spiro atoms. The van der Waals surface area contributed by atoms with E-state index in [0.717, 1.165) is 35.6 Å². The molecule has 1 amide bonds. The van der Waals surface area contributed by atoms with Gasteiger partial charge in [0.1, 0.15) is 0 Å². The fourth-order valence-electron chi connectivity index (χ4n) is 7.09. The molecule has 3 saturated carbocycles. The van der Waals surface area contributed by atoms with Crippen LogP contribution in [0, 0.1) is 28.6 Å². The van der Waals surface area contributed by atoms with Gasteiger partial charge in [-0.05, 0) is 86.0 Å². The lowest BCUT2D eigenvalue weighted by Crippen LogP contribution is -2.57. The molecule has 24 heavy (non-hydrogen) atoms. The number of rotatable bonds is 4. The van der Waals surface area contributed by atoms with Crippen molar-refractivity contribution in [3.63, 3.8) is 0 Å². The molecule has 6 atom stereocenters. The number of amides is 1. The molecule has 0 aliphatic heterocycles. The van der Waals surface area contributed by atoms with Crippen LogP contribution in [0.25, 0.3) is 0 Å². The van der Waals surface area contributed by atoms with E-state index in [2.05, 4.69) is 33.0 Å². The van der Waals surface area contributed by atoms with Crippen molar-refractivity contribution < 1.29 is 4.79 Å². The molecule has 3 aliphatic carbocycles. The van der Waals surface area contributed by atoms with Crippen molar-refractivity contribution in [2.45, 2.75) is 85.1 Å². The third-order valence-electron chi connectivity index (χ3n) is 8.13. The molecular formula is C21H34ClNO. The van der Waals surface area contributed by atoms with Gasteiger partial charge >= 0.3 is 0 Å². The van der Waals surface area contributed by atoms with Crippen LogP contribution in [0.5, 0.6) is 0 Å². The lowest BCUT2D eigenvalue weighted by molar-refractivity contribution is -0.115. The second-order valence-corrected chi connectivity index (χ2v) is 9.62. The van der Waals surface area contributed by atoms with Gasteiger partial charge in [-0.25, -0.2) is 0 Å². The highest BCUT2D eigenvalue weighted by Crippen LogP contribution is 2.65. The first kappa shape index (κ1) is 18.3. The second-order valence-electron chi connectivity index (χ2n) is 9.05. The third-order valence-corrected chi connectivity index (χ3v) is 8.36. The van der Waals surface area contributed by atoms with Crippen molar-refractivity contribution in [3.8, 4) is 0 Å². The fraction of sp³-hybridized carbons (Fsp3) is 0.857. The van der Waals surface area contributed by atoms with Crippen LogP contribution in [0.2, 0.25) is 0 Å². The Morgan fingerprint density at radius 1 is 1.25 bits per heavy atom. The molecule has 136 valence electrons. The van der Waals surface area contributed by atoms with Crippen LogP contribution in [-0.4, -0.2) is 12.5 Å². The number of hydrogen-bond acceptors (Lipinski definition) is 1. The van der Waals surface area contributed by atoms with Gasteiger partial charge in [0.05, 0.1) is 0 Å². The summed E-state index contributed by atoms with van der Waals surface area (Å²) in [4.78, 5) is 11.1. The molecule has 0 saturated heterocycles. The van der Waals surface area contributed by atoms with Gasteiger partial charge in [-0.15, -0.1) is 0 Å². The average Bonchev–Trinajstić information content (AvgIpc) is 2.88. The van der Waals surface area contributed by atoms with Gasteiger partial charge in [0.15, 0.2) is 0 Å². The quantitative estimate of drug-likeness (QED) is 0.651. The Kier molecular flexibility index (Phi) is 5.08. The van der Waals surface area contributed by atoms with Crippen molar-refractivity contribution in [1.29, 1.82) is 0 Å². The highest BCUT2D eigenvalue weighted by molar-refractivity contribution is 6.29. The maximum absolute atomic E-state index is 11.1. The van der Waals surface area contributed by atoms with E-state index in [4.69, 9.17) is 11.6 Å². The van der Waals surface area contributed by atoms with Crippen molar-refractivity contribution in [1.82, 2.24) is 5.32 Å². The molecule has 6 unspecified atom stereocenters. The number of fused-ring (bicyclic) bond motifs is 3. The minimum absolute atomic E-state index is 0.252. The van der Waals surface area contributed by atoms with E-state index in [1.807, 2.05) is 0 Å². The summed E-state index contributed by atoms with van der Waals surface area (Å²) in [5, 5.41) is 4.23. The van der Waals surface area contributed by atoms with Crippen molar-refractivity contribution in [2.75, 3.05) is 0 Å². The van der Waals surface area contributed by atoms with Crippen LogP contribution in [-0.2, 0) is 4.79 Å². The zero-order valence-corrected chi connectivity index (χ0v) is 16.6. The molecule has 0 aromatic heterocycles. The lowest BCUT2D eigenvalue weighted by Gasteiger charge is -2.58. The monoisotopic (exact) mass is 351 g/mol. The van der Waals surface area contributed by atoms with Crippen LogP contribution in [0.15, 0.2) is 10.6 Å². The van der Waals surface area contributed by atoms with Gasteiger partial charge in [0, 0.05) is 11.1 Å². The smallest absolute Gasteiger partial charge is 0.207 e. The Morgan fingerprint density at radius 3 is 2.62 bits per heavy atom. The minimum Gasteiger partial charge on any atom is -0.355 e. The largest absolute Gasteiger partial charge is 0.355 e.